The molecule has 4 heteroatoms. The zero-order chi connectivity index (χ0) is 10.8. The SMILES string of the molecule is CSc1cccc(C(C)(F)C(=O)O)c1. The quantitative estimate of drug-likeness (QED) is 0.786. The van der Waals surface area contributed by atoms with Gasteiger partial charge < -0.3 is 5.11 Å². The van der Waals surface area contributed by atoms with Crippen molar-refractivity contribution in [3.8, 4) is 0 Å². The summed E-state index contributed by atoms with van der Waals surface area (Å²) in [5, 5.41) is 8.68. The topological polar surface area (TPSA) is 37.3 Å². The number of aliphatic carboxylic acids is 1. The lowest BCUT2D eigenvalue weighted by Gasteiger charge is -2.15. The molecule has 76 valence electrons. The Morgan fingerprint density at radius 1 is 1.57 bits per heavy atom. The molecule has 0 aliphatic rings. The van der Waals surface area contributed by atoms with Crippen molar-refractivity contribution < 1.29 is 14.3 Å². The second kappa shape index (κ2) is 4.00. The lowest BCUT2D eigenvalue weighted by Crippen LogP contribution is -2.26. The molecule has 0 heterocycles. The average Bonchev–Trinajstić information content (AvgIpc) is 2.17. The number of thioether (sulfide) groups is 1. The third-order valence-corrected chi connectivity index (χ3v) is 2.74. The van der Waals surface area contributed by atoms with Crippen molar-refractivity contribution in [1.29, 1.82) is 0 Å². The molecule has 0 radical (unpaired) electrons. The Labute approximate surface area is 86.1 Å². The second-order valence-corrected chi connectivity index (χ2v) is 3.92. The third-order valence-electron chi connectivity index (χ3n) is 2.01. The fraction of sp³-hybridized carbons (Fsp3) is 0.300. The van der Waals surface area contributed by atoms with Gasteiger partial charge in [-0.05, 0) is 25.3 Å². The summed E-state index contributed by atoms with van der Waals surface area (Å²) in [7, 11) is 0. The van der Waals surface area contributed by atoms with Gasteiger partial charge in [0.25, 0.3) is 0 Å². The molecule has 0 amide bonds. The summed E-state index contributed by atoms with van der Waals surface area (Å²) in [6, 6.07) is 6.50. The van der Waals surface area contributed by atoms with E-state index in [1.807, 2.05) is 12.3 Å². The fourth-order valence-electron chi connectivity index (χ4n) is 1.04. The smallest absolute Gasteiger partial charge is 0.345 e. The van der Waals surface area contributed by atoms with E-state index in [9.17, 15) is 9.18 Å². The zero-order valence-corrected chi connectivity index (χ0v) is 8.77. The molecule has 0 saturated carbocycles. The second-order valence-electron chi connectivity index (χ2n) is 3.04. The van der Waals surface area contributed by atoms with Crippen molar-refractivity contribution in [3.63, 3.8) is 0 Å². The van der Waals surface area contributed by atoms with Crippen LogP contribution in [0.1, 0.15) is 12.5 Å². The van der Waals surface area contributed by atoms with Gasteiger partial charge in [-0.3, -0.25) is 0 Å². The summed E-state index contributed by atoms with van der Waals surface area (Å²) in [5.74, 6) is -1.46. The monoisotopic (exact) mass is 214 g/mol. The molecule has 1 unspecified atom stereocenters. The maximum atomic E-state index is 13.7. The Morgan fingerprint density at radius 2 is 2.21 bits per heavy atom. The van der Waals surface area contributed by atoms with Crippen molar-refractivity contribution in [2.75, 3.05) is 6.26 Å². The van der Waals surface area contributed by atoms with Gasteiger partial charge in [0.05, 0.1) is 0 Å². The number of carboxylic acids is 1. The van der Waals surface area contributed by atoms with Gasteiger partial charge in [-0.25, -0.2) is 9.18 Å². The van der Waals surface area contributed by atoms with Gasteiger partial charge in [-0.1, -0.05) is 12.1 Å². The van der Waals surface area contributed by atoms with E-state index < -0.39 is 11.6 Å². The molecule has 0 saturated heterocycles. The summed E-state index contributed by atoms with van der Waals surface area (Å²) in [4.78, 5) is 11.5. The van der Waals surface area contributed by atoms with Crippen LogP contribution in [0.2, 0.25) is 0 Å². The van der Waals surface area contributed by atoms with Crippen LogP contribution in [-0.2, 0) is 10.5 Å². The maximum absolute atomic E-state index is 13.7. The van der Waals surface area contributed by atoms with Crippen LogP contribution in [0.15, 0.2) is 29.2 Å². The summed E-state index contributed by atoms with van der Waals surface area (Å²) in [6.45, 7) is 1.05. The van der Waals surface area contributed by atoms with Gasteiger partial charge in [-0.15, -0.1) is 11.8 Å². The molecule has 1 aromatic rings. The molecule has 0 spiro atoms. The Hall–Kier alpha value is -1.03. The number of carboxylic acid groups (broad SMARTS) is 1. The summed E-state index contributed by atoms with van der Waals surface area (Å²) in [5.41, 5.74) is -2.14. The summed E-state index contributed by atoms with van der Waals surface area (Å²) < 4.78 is 13.7. The van der Waals surface area contributed by atoms with E-state index in [0.717, 1.165) is 11.8 Å². The van der Waals surface area contributed by atoms with Crippen LogP contribution in [0, 0.1) is 0 Å². The predicted octanol–water partition coefficient (Wildman–Crippen LogP) is 2.68. The minimum Gasteiger partial charge on any atom is -0.479 e. The maximum Gasteiger partial charge on any atom is 0.345 e. The number of hydrogen-bond acceptors (Lipinski definition) is 2. The molecule has 1 rings (SSSR count). The molecule has 0 aliphatic heterocycles. The third kappa shape index (κ3) is 2.07. The van der Waals surface area contributed by atoms with E-state index in [0.29, 0.717) is 0 Å². The summed E-state index contributed by atoms with van der Waals surface area (Å²) >= 11 is 1.45. The number of carbonyl (C=O) groups is 1. The average molecular weight is 214 g/mol. The first-order valence-electron chi connectivity index (χ1n) is 4.05. The Balaban J connectivity index is 3.12. The van der Waals surface area contributed by atoms with Gasteiger partial charge in [0.1, 0.15) is 0 Å². The Bertz CT molecular complexity index is 350. The highest BCUT2D eigenvalue weighted by Gasteiger charge is 2.34. The van der Waals surface area contributed by atoms with E-state index >= 15 is 0 Å². The minimum atomic E-state index is -2.31. The van der Waals surface area contributed by atoms with Crippen molar-refractivity contribution in [3.05, 3.63) is 29.8 Å². The molecule has 0 aliphatic carbocycles. The highest BCUT2D eigenvalue weighted by Crippen LogP contribution is 2.28. The van der Waals surface area contributed by atoms with E-state index in [2.05, 4.69) is 0 Å². The van der Waals surface area contributed by atoms with Crippen LogP contribution < -0.4 is 0 Å². The standard InChI is InChI=1S/C10H11FO2S/c1-10(11,9(12)13)7-4-3-5-8(6-7)14-2/h3-6H,1-2H3,(H,12,13). The van der Waals surface area contributed by atoms with Crippen LogP contribution in [-0.4, -0.2) is 17.3 Å². The highest BCUT2D eigenvalue weighted by atomic mass is 32.2. The van der Waals surface area contributed by atoms with Crippen molar-refractivity contribution in [1.82, 2.24) is 0 Å². The molecule has 2 nitrogen and oxygen atoms in total. The highest BCUT2D eigenvalue weighted by molar-refractivity contribution is 7.98. The number of benzene rings is 1. The van der Waals surface area contributed by atoms with Crippen LogP contribution in [0.3, 0.4) is 0 Å². The van der Waals surface area contributed by atoms with Gasteiger partial charge in [0.15, 0.2) is 0 Å². The van der Waals surface area contributed by atoms with Gasteiger partial charge in [0.2, 0.25) is 5.67 Å². The summed E-state index contributed by atoms with van der Waals surface area (Å²) in [6.07, 6.45) is 1.86. The molecular formula is C10H11FO2S. The van der Waals surface area contributed by atoms with Gasteiger partial charge in [0, 0.05) is 10.5 Å². The molecule has 14 heavy (non-hydrogen) atoms. The lowest BCUT2D eigenvalue weighted by atomic mass is 9.98. The molecule has 0 bridgehead atoms. The molecule has 1 aromatic carbocycles. The van der Waals surface area contributed by atoms with Crippen LogP contribution in [0.25, 0.3) is 0 Å². The van der Waals surface area contributed by atoms with E-state index in [4.69, 9.17) is 5.11 Å². The fourth-order valence-corrected chi connectivity index (χ4v) is 1.50. The van der Waals surface area contributed by atoms with E-state index in [1.165, 1.54) is 17.8 Å². The predicted molar refractivity (Wildman–Crippen MR) is 54.3 cm³/mol. The zero-order valence-electron chi connectivity index (χ0n) is 7.95. The van der Waals surface area contributed by atoms with Crippen molar-refractivity contribution in [2.24, 2.45) is 0 Å². The number of rotatable bonds is 3. The van der Waals surface area contributed by atoms with Crippen LogP contribution in [0.4, 0.5) is 4.39 Å². The molecule has 0 aromatic heterocycles. The van der Waals surface area contributed by atoms with Crippen molar-refractivity contribution >= 4 is 17.7 Å². The molecule has 1 atom stereocenters. The number of hydrogen-bond donors (Lipinski definition) is 1. The first-order chi connectivity index (χ1) is 6.48. The van der Waals surface area contributed by atoms with E-state index in [1.54, 1.807) is 12.1 Å². The molecule has 0 fully saturated rings. The van der Waals surface area contributed by atoms with E-state index in [-0.39, 0.29) is 5.56 Å². The normalized spacial score (nSPS) is 14.8. The largest absolute Gasteiger partial charge is 0.479 e. The number of halogens is 1. The van der Waals surface area contributed by atoms with Gasteiger partial charge >= 0.3 is 5.97 Å². The first kappa shape index (κ1) is 11.0. The van der Waals surface area contributed by atoms with Gasteiger partial charge in [-0.2, -0.15) is 0 Å². The number of alkyl halides is 1. The lowest BCUT2D eigenvalue weighted by molar-refractivity contribution is -0.150. The van der Waals surface area contributed by atoms with Crippen LogP contribution in [0.5, 0.6) is 0 Å². The Kier molecular flexibility index (Phi) is 3.16. The van der Waals surface area contributed by atoms with Crippen molar-refractivity contribution in [2.45, 2.75) is 17.5 Å². The Morgan fingerprint density at radius 3 is 2.71 bits per heavy atom. The molecular weight excluding hydrogens is 203 g/mol. The molecule has 1 N–H and O–H groups in total. The first-order valence-corrected chi connectivity index (χ1v) is 5.28. The minimum absolute atomic E-state index is 0.178. The van der Waals surface area contributed by atoms with Crippen LogP contribution >= 0.6 is 11.8 Å².